The van der Waals surface area contributed by atoms with Gasteiger partial charge in [-0.25, -0.2) is 0 Å². The number of esters is 3. The number of ether oxygens (including phenoxy) is 3. The van der Waals surface area contributed by atoms with Crippen molar-refractivity contribution >= 4 is 17.9 Å². The van der Waals surface area contributed by atoms with E-state index >= 15 is 0 Å². The number of fused-ring (bicyclic) bond motifs is 3. The van der Waals surface area contributed by atoms with Crippen molar-refractivity contribution < 1.29 is 60.0 Å². The van der Waals surface area contributed by atoms with Gasteiger partial charge >= 0.3 is 30.3 Å². The monoisotopic (exact) mass is 642 g/mol. The number of alkyl halides is 6. The number of halogens is 6. The van der Waals surface area contributed by atoms with Crippen LogP contribution in [0.4, 0.5) is 26.3 Å². The van der Waals surface area contributed by atoms with E-state index in [2.05, 4.69) is 0 Å². The molecular weight excluding hydrogens is 598 g/mol. The minimum atomic E-state index is -5.82. The van der Waals surface area contributed by atoms with Crippen LogP contribution in [0.1, 0.15) is 92.9 Å². The molecule has 4 aliphatic carbocycles. The molecule has 0 spiro atoms. The van der Waals surface area contributed by atoms with Crippen molar-refractivity contribution in [2.24, 2.45) is 46.3 Å². The summed E-state index contributed by atoms with van der Waals surface area (Å²) in [4.78, 5) is 35.9. The van der Waals surface area contributed by atoms with Gasteiger partial charge in [0.1, 0.15) is 18.3 Å². The molecule has 44 heavy (non-hydrogen) atoms. The fraction of sp³-hybridized carbons (Fsp3) is 0.903. The second-order valence-corrected chi connectivity index (χ2v) is 14.7. The van der Waals surface area contributed by atoms with Gasteiger partial charge in [-0.3, -0.25) is 14.4 Å². The molecule has 0 aromatic rings. The Hall–Kier alpha value is -2.05. The molecule has 0 amide bonds. The predicted octanol–water partition coefficient (Wildman–Crippen LogP) is 6.54. The molecule has 5 rings (SSSR count). The molecule has 1 aliphatic heterocycles. The Kier molecular flexibility index (Phi) is 9.21. The van der Waals surface area contributed by atoms with Gasteiger partial charge in [0.05, 0.1) is 16.7 Å². The summed E-state index contributed by atoms with van der Waals surface area (Å²) in [6, 6.07) is 0. The van der Waals surface area contributed by atoms with E-state index in [9.17, 15) is 45.8 Å². The van der Waals surface area contributed by atoms with Crippen molar-refractivity contribution in [2.45, 2.75) is 129 Å². The van der Waals surface area contributed by atoms with Gasteiger partial charge in [-0.1, -0.05) is 13.8 Å². The van der Waals surface area contributed by atoms with Gasteiger partial charge in [0.15, 0.2) is 0 Å². The summed E-state index contributed by atoms with van der Waals surface area (Å²) in [7, 11) is 0. The predicted molar refractivity (Wildman–Crippen MR) is 143 cm³/mol. The zero-order valence-corrected chi connectivity index (χ0v) is 26.0. The van der Waals surface area contributed by atoms with Crippen molar-refractivity contribution in [3.8, 4) is 0 Å². The normalized spacial score (nSPS) is 34.5. The third-order valence-corrected chi connectivity index (χ3v) is 11.2. The number of rotatable bonds is 8. The minimum Gasteiger partial charge on any atom is -0.462 e. The topological polar surface area (TPSA) is 99.1 Å². The van der Waals surface area contributed by atoms with Gasteiger partial charge in [0, 0.05) is 11.8 Å². The van der Waals surface area contributed by atoms with E-state index < -0.39 is 59.1 Å². The lowest BCUT2D eigenvalue weighted by molar-refractivity contribution is -0.373. The lowest BCUT2D eigenvalue weighted by atomic mass is 9.78. The molecule has 4 saturated carbocycles. The van der Waals surface area contributed by atoms with E-state index in [1.807, 2.05) is 20.8 Å². The van der Waals surface area contributed by atoms with Crippen LogP contribution in [0, 0.1) is 46.3 Å². The molecule has 13 heteroatoms. The van der Waals surface area contributed by atoms with E-state index in [1.165, 1.54) is 0 Å². The first-order chi connectivity index (χ1) is 20.1. The van der Waals surface area contributed by atoms with E-state index in [0.717, 1.165) is 19.3 Å². The van der Waals surface area contributed by atoms with Crippen LogP contribution in [0.5, 0.6) is 0 Å². The fourth-order valence-electron chi connectivity index (χ4n) is 7.50. The van der Waals surface area contributed by atoms with Gasteiger partial charge in [0.25, 0.3) is 5.60 Å². The lowest BCUT2D eigenvalue weighted by Crippen LogP contribution is -2.58. The summed E-state index contributed by atoms with van der Waals surface area (Å²) in [6.45, 7) is 10.9. The number of hydrogen-bond donors (Lipinski definition) is 1. The highest BCUT2D eigenvalue weighted by Crippen LogP contribution is 2.57. The van der Waals surface area contributed by atoms with E-state index in [4.69, 9.17) is 14.2 Å². The summed E-state index contributed by atoms with van der Waals surface area (Å²) >= 11 is 0. The molecule has 1 N–H and O–H groups in total. The summed E-state index contributed by atoms with van der Waals surface area (Å²) in [5.74, 6) is -1.72. The highest BCUT2D eigenvalue weighted by atomic mass is 19.4. The van der Waals surface area contributed by atoms with Crippen LogP contribution < -0.4 is 0 Å². The SMILES string of the molecule is CCC(C)(C)C(=O)OC1C2CC3C(=O)OC1C3C2.CCC(C)(C)C(=O)OC1CC2CC(CC(O)(C(F)(F)F)C(F)(F)F)C1C2. The average Bonchev–Trinajstić information content (AvgIpc) is 3.71. The van der Waals surface area contributed by atoms with Crippen molar-refractivity contribution in [1.29, 1.82) is 0 Å². The van der Waals surface area contributed by atoms with Crippen LogP contribution in [0.2, 0.25) is 0 Å². The van der Waals surface area contributed by atoms with Crippen LogP contribution in [0.15, 0.2) is 0 Å². The highest BCUT2D eigenvalue weighted by molar-refractivity contribution is 5.78. The van der Waals surface area contributed by atoms with Gasteiger partial charge in [-0.15, -0.1) is 0 Å². The van der Waals surface area contributed by atoms with Crippen molar-refractivity contribution in [2.75, 3.05) is 0 Å². The number of aliphatic hydroxyl groups is 1. The molecule has 5 fully saturated rings. The van der Waals surface area contributed by atoms with Gasteiger partial charge in [-0.05, 0) is 96.8 Å². The Morgan fingerprint density at radius 3 is 1.86 bits per heavy atom. The zero-order chi connectivity index (χ0) is 33.2. The molecule has 0 aromatic heterocycles. The van der Waals surface area contributed by atoms with Crippen LogP contribution in [-0.4, -0.2) is 59.3 Å². The molecule has 5 aliphatic rings. The maximum atomic E-state index is 12.9. The van der Waals surface area contributed by atoms with Crippen molar-refractivity contribution in [3.05, 3.63) is 0 Å². The molecule has 0 aromatic carbocycles. The van der Waals surface area contributed by atoms with E-state index in [0.29, 0.717) is 31.1 Å². The Morgan fingerprint density at radius 1 is 0.818 bits per heavy atom. The van der Waals surface area contributed by atoms with Gasteiger partial charge in [0.2, 0.25) is 0 Å². The first kappa shape index (κ1) is 34.8. The summed E-state index contributed by atoms with van der Waals surface area (Å²) in [5.41, 5.74) is -5.97. The fourth-order valence-corrected chi connectivity index (χ4v) is 7.50. The second-order valence-electron chi connectivity index (χ2n) is 14.7. The summed E-state index contributed by atoms with van der Waals surface area (Å²) in [6.07, 6.45) is -10.0. The third kappa shape index (κ3) is 6.19. The van der Waals surface area contributed by atoms with Crippen LogP contribution in [0.3, 0.4) is 0 Å². The molecule has 0 radical (unpaired) electrons. The van der Waals surface area contributed by atoms with Crippen LogP contribution >= 0.6 is 0 Å². The van der Waals surface area contributed by atoms with Crippen molar-refractivity contribution in [1.82, 2.24) is 0 Å². The van der Waals surface area contributed by atoms with Crippen LogP contribution in [0.25, 0.3) is 0 Å². The first-order valence-corrected chi connectivity index (χ1v) is 15.5. The van der Waals surface area contributed by atoms with Gasteiger partial charge < -0.3 is 19.3 Å². The smallest absolute Gasteiger partial charge is 0.426 e. The molecule has 9 unspecified atom stereocenters. The highest BCUT2D eigenvalue weighted by Gasteiger charge is 2.71. The Labute approximate surface area is 253 Å². The Bertz CT molecular complexity index is 1100. The minimum absolute atomic E-state index is 0.0779. The number of carbonyl (C=O) groups is 3. The van der Waals surface area contributed by atoms with Crippen LogP contribution in [-0.2, 0) is 28.6 Å². The Morgan fingerprint density at radius 2 is 1.36 bits per heavy atom. The molecule has 252 valence electrons. The molecule has 4 bridgehead atoms. The molecular formula is C31H44F6O7. The average molecular weight is 643 g/mol. The van der Waals surface area contributed by atoms with Gasteiger partial charge in [-0.2, -0.15) is 26.3 Å². The maximum absolute atomic E-state index is 12.9. The maximum Gasteiger partial charge on any atom is 0.426 e. The Balaban J connectivity index is 0.000000213. The van der Waals surface area contributed by atoms with E-state index in [-0.39, 0.29) is 42.4 Å². The standard InChI is InChI=1S/C17H24F6O3.C14H20O4/c1-4-14(2,3)13(24)26-12-7-9-5-10(11(12)6-9)8-15(25,16(18,19)20)17(21,22)23;1-4-14(2,3)13(16)18-10-7-5-8-9(6-7)12(15)17-11(8)10/h9-12,25H,4-8H2,1-3H3;7-11H,4-6H2,1-3H3. The largest absolute Gasteiger partial charge is 0.462 e. The number of carbonyl (C=O) groups excluding carboxylic acids is 3. The first-order valence-electron chi connectivity index (χ1n) is 15.5. The van der Waals surface area contributed by atoms with Crippen molar-refractivity contribution in [3.63, 3.8) is 0 Å². The molecule has 1 saturated heterocycles. The third-order valence-electron chi connectivity index (χ3n) is 11.2. The molecule has 1 heterocycles. The number of hydrogen-bond acceptors (Lipinski definition) is 7. The lowest BCUT2D eigenvalue weighted by Gasteiger charge is -2.38. The summed E-state index contributed by atoms with van der Waals surface area (Å²) < 4.78 is 94.2. The van der Waals surface area contributed by atoms with E-state index in [1.54, 1.807) is 20.8 Å². The quantitative estimate of drug-likeness (QED) is 0.182. The summed E-state index contributed by atoms with van der Waals surface area (Å²) in [5, 5.41) is 9.45. The zero-order valence-electron chi connectivity index (χ0n) is 26.0. The molecule has 7 nitrogen and oxygen atoms in total. The second kappa shape index (κ2) is 11.6. The molecule has 9 atom stereocenters.